The van der Waals surface area contributed by atoms with Crippen LogP contribution in [0.2, 0.25) is 16.6 Å². The predicted octanol–water partition coefficient (Wildman–Crippen LogP) is 8.84. The van der Waals surface area contributed by atoms with Crippen LogP contribution in [-0.4, -0.2) is 129 Å². The molecule has 382 valence electrons. The number of fused-ring (bicyclic) bond motifs is 3. The number of piperidine rings is 1. The van der Waals surface area contributed by atoms with E-state index in [9.17, 15) is 29.4 Å². The Hall–Kier alpha value is -2.56. The average molecular weight is 960 g/mol. The molecule has 3 fully saturated rings. The zero-order chi connectivity index (χ0) is 50.1. The van der Waals surface area contributed by atoms with Gasteiger partial charge in [0, 0.05) is 52.0 Å². The summed E-state index contributed by atoms with van der Waals surface area (Å²) in [6, 6.07) is -1.14. The maximum absolute atomic E-state index is 14.6. The first-order valence-corrected chi connectivity index (χ1v) is 27.5. The van der Waals surface area contributed by atoms with Crippen molar-refractivity contribution in [3.63, 3.8) is 0 Å². The van der Waals surface area contributed by atoms with Gasteiger partial charge in [-0.2, -0.15) is 0 Å². The highest BCUT2D eigenvalue weighted by molar-refractivity contribution is 6.77. The molecule has 0 aromatic rings. The maximum atomic E-state index is 14.6. The molecule has 2 N–H and O–H groups in total. The van der Waals surface area contributed by atoms with Gasteiger partial charge in [0.15, 0.2) is 0 Å². The highest BCUT2D eigenvalue weighted by Crippen LogP contribution is 2.46. The van der Waals surface area contributed by atoms with Crippen LogP contribution >= 0.6 is 0 Å². The molecule has 1 aliphatic carbocycles. The van der Waals surface area contributed by atoms with Gasteiger partial charge in [0.25, 0.3) is 11.7 Å². The van der Waals surface area contributed by atoms with Gasteiger partial charge in [0.1, 0.15) is 24.0 Å². The number of nitrogens with zero attached hydrogens (tertiary/aromatic N) is 1. The van der Waals surface area contributed by atoms with E-state index in [0.717, 1.165) is 18.4 Å². The van der Waals surface area contributed by atoms with Crippen LogP contribution in [-0.2, 0) is 47.3 Å². The number of ether oxygens (including phenoxy) is 5. The van der Waals surface area contributed by atoms with Crippen LogP contribution in [0, 0.1) is 29.6 Å². The van der Waals surface area contributed by atoms with E-state index in [4.69, 9.17) is 28.1 Å². The van der Waals surface area contributed by atoms with Gasteiger partial charge in [0.2, 0.25) is 14.1 Å². The Labute approximate surface area is 404 Å². The molecule has 14 atom stereocenters. The van der Waals surface area contributed by atoms with Crippen LogP contribution in [0.4, 0.5) is 0 Å². The molecular weight excluding hydrogens is 871 g/mol. The van der Waals surface area contributed by atoms with E-state index in [1.54, 1.807) is 34.1 Å². The maximum Gasteiger partial charge on any atom is 0.329 e. The first-order chi connectivity index (χ1) is 31.5. The van der Waals surface area contributed by atoms with E-state index in [1.807, 2.05) is 19.9 Å². The Morgan fingerprint density at radius 1 is 0.881 bits per heavy atom. The van der Waals surface area contributed by atoms with Crippen LogP contribution in [0.1, 0.15) is 147 Å². The Kier molecular flexibility index (Phi) is 21.3. The summed E-state index contributed by atoms with van der Waals surface area (Å²) in [7, 11) is 2.62. The lowest BCUT2D eigenvalue weighted by Crippen LogP contribution is -2.64. The van der Waals surface area contributed by atoms with E-state index in [-0.39, 0.29) is 55.6 Å². The molecule has 0 radical (unpaired) electrons. The van der Waals surface area contributed by atoms with Crippen LogP contribution in [0.15, 0.2) is 36.0 Å². The second kappa shape index (κ2) is 25.0. The van der Waals surface area contributed by atoms with Crippen LogP contribution in [0.25, 0.3) is 0 Å². The molecule has 14 heteroatoms. The second-order valence-corrected chi connectivity index (χ2v) is 27.1. The normalized spacial score (nSPS) is 37.2. The van der Waals surface area contributed by atoms with E-state index in [2.05, 4.69) is 61.1 Å². The third-order valence-corrected chi connectivity index (χ3v) is 22.0. The van der Waals surface area contributed by atoms with Crippen LogP contribution in [0.5, 0.6) is 0 Å². The van der Waals surface area contributed by atoms with Crippen molar-refractivity contribution >= 4 is 31.8 Å². The van der Waals surface area contributed by atoms with Gasteiger partial charge in [0.05, 0.1) is 30.5 Å². The number of esters is 1. The van der Waals surface area contributed by atoms with Gasteiger partial charge in [-0.3, -0.25) is 14.4 Å². The van der Waals surface area contributed by atoms with Gasteiger partial charge in [-0.1, -0.05) is 86.1 Å². The van der Waals surface area contributed by atoms with E-state index < -0.39 is 86.1 Å². The molecule has 4 aliphatic rings. The molecule has 1 amide bonds. The minimum absolute atomic E-state index is 0.0105. The first kappa shape index (κ1) is 57.0. The largest absolute Gasteiger partial charge is 0.456 e. The van der Waals surface area contributed by atoms with Crippen molar-refractivity contribution < 1.29 is 57.5 Å². The summed E-state index contributed by atoms with van der Waals surface area (Å²) in [4.78, 5) is 58.8. The molecule has 67 heavy (non-hydrogen) atoms. The lowest BCUT2D eigenvalue weighted by Gasteiger charge is -2.47. The molecule has 3 heterocycles. The first-order valence-electron chi connectivity index (χ1n) is 25.4. The van der Waals surface area contributed by atoms with Crippen molar-refractivity contribution in [3.8, 4) is 0 Å². The monoisotopic (exact) mass is 960 g/mol. The van der Waals surface area contributed by atoms with Gasteiger partial charge >= 0.3 is 5.97 Å². The summed E-state index contributed by atoms with van der Waals surface area (Å²) in [5, 5.41) is 24.1. The number of methoxy groups -OCH3 is 3. The van der Waals surface area contributed by atoms with E-state index in [1.165, 1.54) is 12.0 Å². The number of Topliss-reactive ketones (excluding diaryl/α,β-unsaturated/α-hetero) is 2. The average Bonchev–Trinajstić information content (AvgIpc) is 3.28. The van der Waals surface area contributed by atoms with Crippen molar-refractivity contribution in [1.29, 1.82) is 0 Å². The highest BCUT2D eigenvalue weighted by Gasteiger charge is 2.57. The number of carbonyl (C=O) groups is 4. The lowest BCUT2D eigenvalue weighted by molar-refractivity contribution is -0.302. The summed E-state index contributed by atoms with van der Waals surface area (Å²) in [6.45, 7) is 27.1. The molecule has 1 saturated carbocycles. The zero-order valence-electron chi connectivity index (χ0n) is 43.6. The molecule has 2 saturated heterocycles. The number of rotatable bonds is 12. The van der Waals surface area contributed by atoms with Crippen LogP contribution < -0.4 is 0 Å². The Morgan fingerprint density at radius 3 is 2.07 bits per heavy atom. The highest BCUT2D eigenvalue weighted by atomic mass is 28.4. The lowest BCUT2D eigenvalue weighted by atomic mass is 9.81. The van der Waals surface area contributed by atoms with Crippen molar-refractivity contribution in [3.05, 3.63) is 36.0 Å². The molecule has 0 aromatic heterocycles. The van der Waals surface area contributed by atoms with Gasteiger partial charge in [-0.25, -0.2) is 4.79 Å². The summed E-state index contributed by atoms with van der Waals surface area (Å²) in [6.07, 6.45) is 6.48. The van der Waals surface area contributed by atoms with Crippen molar-refractivity contribution in [2.75, 3.05) is 27.9 Å². The number of allylic oxidation sites excluding steroid dienone is 4. The molecular formula is C53H89NO12Si. The van der Waals surface area contributed by atoms with Gasteiger partial charge in [-0.05, 0) is 112 Å². The number of aliphatic hydroxyl groups is 2. The van der Waals surface area contributed by atoms with E-state index >= 15 is 0 Å². The number of aliphatic hydroxyl groups excluding tert-OH is 1. The minimum atomic E-state index is -2.51. The Balaban J connectivity index is 1.76. The fraction of sp³-hybridized carbons (Fsp3) is 0.811. The smallest absolute Gasteiger partial charge is 0.329 e. The number of amides is 1. The summed E-state index contributed by atoms with van der Waals surface area (Å²) < 4.78 is 38.0. The number of hydrogen-bond acceptors (Lipinski definition) is 12. The minimum Gasteiger partial charge on any atom is -0.456 e. The van der Waals surface area contributed by atoms with E-state index in [0.29, 0.717) is 60.7 Å². The van der Waals surface area contributed by atoms with Gasteiger partial charge in [-0.15, -0.1) is 6.58 Å². The third kappa shape index (κ3) is 13.2. The summed E-state index contributed by atoms with van der Waals surface area (Å²) in [5.41, 5.74) is 2.95. The Bertz CT molecular complexity index is 1720. The number of carbonyl (C=O) groups excluding carboxylic acids is 4. The SMILES string of the molecule is C=CCC1/C=C(\C)CC(C)CC(OC)C2OC(O)(C(=O)C(=O)N3CCCCC3C(=O)OC(C(C)=CC3CCC(O[Si](C(C)C)(C(C)C)C(C)C)C(OC)C3)C(C)C(O)CC1=O)C(C)CC2OC. The molecule has 4 rings (SSSR count). The zero-order valence-corrected chi connectivity index (χ0v) is 44.6. The molecule has 0 spiro atoms. The predicted molar refractivity (Wildman–Crippen MR) is 263 cm³/mol. The fourth-order valence-corrected chi connectivity index (χ4v) is 17.8. The molecule has 14 unspecified atom stereocenters. The summed E-state index contributed by atoms with van der Waals surface area (Å²) in [5.74, 6) is -7.61. The second-order valence-electron chi connectivity index (χ2n) is 21.7. The van der Waals surface area contributed by atoms with Crippen LogP contribution in [0.3, 0.4) is 0 Å². The van der Waals surface area contributed by atoms with Gasteiger partial charge < -0.3 is 43.2 Å². The number of hydrogen-bond donors (Lipinski definition) is 2. The number of cyclic esters (lactones) is 1. The quantitative estimate of drug-likeness (QED) is 0.0827. The van der Waals surface area contributed by atoms with Crippen molar-refractivity contribution in [2.45, 2.75) is 218 Å². The number of ketones is 2. The fourth-order valence-electron chi connectivity index (χ4n) is 12.2. The topological polar surface area (TPSA) is 167 Å². The molecule has 13 nitrogen and oxygen atoms in total. The Morgan fingerprint density at radius 2 is 1.49 bits per heavy atom. The summed E-state index contributed by atoms with van der Waals surface area (Å²) >= 11 is 0. The third-order valence-electron chi connectivity index (χ3n) is 15.9. The standard InChI is InChI=1S/C53H89NO12Si/c1-16-19-40-25-34(8)24-35(9)26-46(62-14)49-47(63-15)28-37(11)53(60,65-49)50(57)51(58)54-23-18-17-20-41(54)52(59)64-48(38(12)42(55)30-43(40)56)36(10)27-39-21-22-44(45(29-39)61-13)66-67(31(2)3,32(4)5)33(6)7/h16,25,27,31-33,35,37-42,44-49,55,60H,1,17-24,26,28-30H2,2-15H3/b34-25+,36-27?. The molecule has 3 aliphatic heterocycles. The molecule has 2 bridgehead atoms. The van der Waals surface area contributed by atoms with Crippen molar-refractivity contribution in [1.82, 2.24) is 4.90 Å². The van der Waals surface area contributed by atoms with Crippen molar-refractivity contribution in [2.24, 2.45) is 29.6 Å². The molecule has 0 aromatic carbocycles.